The molecule has 3 aromatic rings. The van der Waals surface area contributed by atoms with E-state index in [1.807, 2.05) is 120 Å². The summed E-state index contributed by atoms with van der Waals surface area (Å²) in [4.78, 5) is 25.7. The first-order chi connectivity index (χ1) is 24.1. The molecule has 3 rings (SSSR count). The first-order valence-electron chi connectivity index (χ1n) is 18.9. The molecule has 3 aromatic carbocycles. The van der Waals surface area contributed by atoms with E-state index in [1.165, 1.54) is 19.3 Å². The summed E-state index contributed by atoms with van der Waals surface area (Å²) in [5.41, 5.74) is 4.89. The predicted octanol–water partition coefficient (Wildman–Crippen LogP) is 13.9. The number of terminal acetylenes is 1. The molecule has 1 atom stereocenters. The van der Waals surface area contributed by atoms with Gasteiger partial charge in [-0.1, -0.05) is 151 Å². The van der Waals surface area contributed by atoms with Gasteiger partial charge in [0.15, 0.2) is 5.78 Å². The number of allylic oxidation sites excluding steroid dienone is 1. The lowest BCUT2D eigenvalue weighted by Gasteiger charge is -2.16. The van der Waals surface area contributed by atoms with Gasteiger partial charge in [0.05, 0.1) is 0 Å². The summed E-state index contributed by atoms with van der Waals surface area (Å²) in [6.45, 7) is 27.4. The second kappa shape index (κ2) is 33.4. The number of amides is 1. The van der Waals surface area contributed by atoms with Crippen molar-refractivity contribution in [2.45, 2.75) is 141 Å². The number of hydrogen-bond acceptors (Lipinski definition) is 3. The van der Waals surface area contributed by atoms with Gasteiger partial charge >= 0.3 is 0 Å². The van der Waals surface area contributed by atoms with Gasteiger partial charge in [0.1, 0.15) is 12.4 Å². The number of carbonyl (C=O) groups excluding carboxylic acids is 2. The Morgan fingerprint density at radius 2 is 1.26 bits per heavy atom. The second-order valence-electron chi connectivity index (χ2n) is 11.7. The summed E-state index contributed by atoms with van der Waals surface area (Å²) in [5, 5.41) is 3.01. The summed E-state index contributed by atoms with van der Waals surface area (Å²) in [7, 11) is 0. The van der Waals surface area contributed by atoms with E-state index in [4.69, 9.17) is 4.74 Å². The summed E-state index contributed by atoms with van der Waals surface area (Å²) in [5.74, 6) is 1.73. The summed E-state index contributed by atoms with van der Waals surface area (Å²) >= 11 is 0. The van der Waals surface area contributed by atoms with Crippen molar-refractivity contribution < 1.29 is 14.3 Å². The fraction of sp³-hybridized carbons (Fsp3) is 0.478. The number of ether oxygens (including phenoxy) is 1. The van der Waals surface area contributed by atoms with Crippen LogP contribution in [0, 0.1) is 18.8 Å². The lowest BCUT2D eigenvalue weighted by molar-refractivity contribution is -0.115. The van der Waals surface area contributed by atoms with E-state index in [9.17, 15) is 9.59 Å². The third-order valence-corrected chi connectivity index (χ3v) is 7.08. The SMILES string of the molecule is C#C.CC.CC.CCC.CCCC(=O)/C(C)=C(/OCc1ccccc1)c1ccc(NC(=O)c2ccccc2C(C)CC)cc1.CCCC(C)C. The molecule has 0 radical (unpaired) electrons. The van der Waals surface area contributed by atoms with Crippen LogP contribution in [0.4, 0.5) is 5.69 Å². The van der Waals surface area contributed by atoms with Crippen molar-refractivity contribution in [2.24, 2.45) is 5.92 Å². The van der Waals surface area contributed by atoms with Crippen LogP contribution in [0.1, 0.15) is 161 Å². The van der Waals surface area contributed by atoms with Crippen molar-refractivity contribution >= 4 is 23.1 Å². The Hall–Kier alpha value is -4.10. The largest absolute Gasteiger partial charge is 0.488 e. The number of nitrogens with one attached hydrogen (secondary N) is 1. The van der Waals surface area contributed by atoms with E-state index in [2.05, 4.69) is 66.6 Å². The van der Waals surface area contributed by atoms with Gasteiger partial charge in [-0.2, -0.15) is 0 Å². The van der Waals surface area contributed by atoms with Crippen LogP contribution in [0.15, 0.2) is 84.4 Å². The quantitative estimate of drug-likeness (QED) is 0.111. The molecule has 4 nitrogen and oxygen atoms in total. The third-order valence-electron chi connectivity index (χ3n) is 7.08. The molecular weight excluding hydrogens is 615 g/mol. The zero-order valence-corrected chi connectivity index (χ0v) is 34.0. The van der Waals surface area contributed by atoms with Gasteiger partial charge in [-0.05, 0) is 73.1 Å². The minimum absolute atomic E-state index is 0.0783. The third kappa shape index (κ3) is 21.1. The standard InChI is InChI=1S/C31H35NO3.C6H14.C3H8.2C2H6.C2H2/c1-5-12-29(33)23(4)30(35-21-24-13-8-7-9-14-24)25-17-19-26(20-18-25)32-31(34)28-16-11-10-15-27(28)22(3)6-2;1-4-5-6(2)3;1-3-2;3*1-2/h7-11,13-20,22H,5-6,12,21H2,1-4H3,(H,32,34);6H,4-5H2,1-3H3;3H2,1-2H3;2*1-2H3;1-2H/b30-23+;;;;;. The zero-order valence-electron chi connectivity index (χ0n) is 34.0. The topological polar surface area (TPSA) is 55.4 Å². The number of hydrogen-bond donors (Lipinski definition) is 1. The number of ketones is 1. The van der Waals surface area contributed by atoms with Crippen LogP contribution in [-0.2, 0) is 16.1 Å². The van der Waals surface area contributed by atoms with E-state index in [0.717, 1.165) is 35.4 Å². The number of Topliss-reactive ketones (excluding diaryl/α,β-unsaturated/α-hetero) is 1. The van der Waals surface area contributed by atoms with Crippen molar-refractivity contribution in [3.8, 4) is 12.8 Å². The minimum Gasteiger partial charge on any atom is -0.488 e. The molecule has 4 heteroatoms. The average molecular weight is 686 g/mol. The molecule has 0 saturated heterocycles. The molecule has 0 aliphatic carbocycles. The Morgan fingerprint density at radius 3 is 1.72 bits per heavy atom. The maximum absolute atomic E-state index is 13.0. The normalized spacial score (nSPS) is 10.6. The van der Waals surface area contributed by atoms with E-state index < -0.39 is 0 Å². The van der Waals surface area contributed by atoms with Crippen molar-refractivity contribution in [2.75, 3.05) is 5.32 Å². The molecule has 50 heavy (non-hydrogen) atoms. The highest BCUT2D eigenvalue weighted by Gasteiger charge is 2.17. The van der Waals surface area contributed by atoms with Gasteiger partial charge < -0.3 is 10.1 Å². The predicted molar refractivity (Wildman–Crippen MR) is 222 cm³/mol. The fourth-order valence-electron chi connectivity index (χ4n) is 4.51. The summed E-state index contributed by atoms with van der Waals surface area (Å²) < 4.78 is 6.16. The molecule has 1 N–H and O–H groups in total. The zero-order chi connectivity index (χ0) is 38.9. The second-order valence-corrected chi connectivity index (χ2v) is 11.7. The molecule has 0 aromatic heterocycles. The molecule has 0 saturated carbocycles. The van der Waals surface area contributed by atoms with Crippen molar-refractivity contribution in [3.05, 3.63) is 107 Å². The van der Waals surface area contributed by atoms with Crippen molar-refractivity contribution in [1.82, 2.24) is 0 Å². The highest BCUT2D eigenvalue weighted by molar-refractivity contribution is 6.05. The van der Waals surface area contributed by atoms with E-state index in [-0.39, 0.29) is 11.7 Å². The lowest BCUT2D eigenvalue weighted by atomic mass is 9.93. The van der Waals surface area contributed by atoms with Gasteiger partial charge in [0.2, 0.25) is 0 Å². The Labute approximate surface area is 308 Å². The molecule has 278 valence electrons. The molecule has 1 unspecified atom stereocenters. The first kappa shape index (κ1) is 50.3. The Balaban J connectivity index is -0.00000126. The summed E-state index contributed by atoms with van der Waals surface area (Å²) in [6.07, 6.45) is 14.2. The molecule has 0 spiro atoms. The molecule has 1 amide bonds. The Kier molecular flexibility index (Phi) is 33.6. The highest BCUT2D eigenvalue weighted by Crippen LogP contribution is 2.27. The maximum atomic E-state index is 13.0. The van der Waals surface area contributed by atoms with E-state index in [1.54, 1.807) is 0 Å². The van der Waals surface area contributed by atoms with Gasteiger partial charge in [-0.25, -0.2) is 0 Å². The minimum atomic E-state index is -0.126. The van der Waals surface area contributed by atoms with Crippen LogP contribution in [0.25, 0.3) is 5.76 Å². The van der Waals surface area contributed by atoms with Crippen LogP contribution in [0.2, 0.25) is 0 Å². The van der Waals surface area contributed by atoms with Gasteiger partial charge in [0, 0.05) is 28.8 Å². The maximum Gasteiger partial charge on any atom is 0.255 e. The number of rotatable bonds is 13. The first-order valence-corrected chi connectivity index (χ1v) is 18.9. The monoisotopic (exact) mass is 686 g/mol. The van der Waals surface area contributed by atoms with Crippen LogP contribution >= 0.6 is 0 Å². The molecular formula is C46H71NO3. The van der Waals surface area contributed by atoms with Crippen LogP contribution in [0.3, 0.4) is 0 Å². The van der Waals surface area contributed by atoms with Crippen molar-refractivity contribution in [3.63, 3.8) is 0 Å². The molecule has 0 fully saturated rings. The number of benzene rings is 3. The number of anilines is 1. The molecule has 0 heterocycles. The smallest absolute Gasteiger partial charge is 0.255 e. The molecule has 0 aliphatic rings. The van der Waals surface area contributed by atoms with E-state index in [0.29, 0.717) is 41.5 Å². The average Bonchev–Trinajstić information content (AvgIpc) is 3.15. The Bertz CT molecular complexity index is 1300. The van der Waals surface area contributed by atoms with Gasteiger partial charge in [-0.15, -0.1) is 12.8 Å². The van der Waals surface area contributed by atoms with Crippen LogP contribution in [-0.4, -0.2) is 11.7 Å². The van der Waals surface area contributed by atoms with E-state index >= 15 is 0 Å². The number of carbonyl (C=O) groups is 2. The van der Waals surface area contributed by atoms with Crippen molar-refractivity contribution in [1.29, 1.82) is 0 Å². The van der Waals surface area contributed by atoms with Crippen LogP contribution in [0.5, 0.6) is 0 Å². The Morgan fingerprint density at radius 1 is 0.740 bits per heavy atom. The lowest BCUT2D eigenvalue weighted by Crippen LogP contribution is -2.15. The van der Waals surface area contributed by atoms with Crippen LogP contribution < -0.4 is 5.32 Å². The van der Waals surface area contributed by atoms with Gasteiger partial charge in [0.25, 0.3) is 5.91 Å². The summed E-state index contributed by atoms with van der Waals surface area (Å²) in [6, 6.07) is 25.1. The van der Waals surface area contributed by atoms with Gasteiger partial charge in [-0.3, -0.25) is 9.59 Å². The fourth-order valence-corrected chi connectivity index (χ4v) is 4.51. The molecule has 0 aliphatic heterocycles. The molecule has 0 bridgehead atoms. The highest BCUT2D eigenvalue weighted by atomic mass is 16.5.